The highest BCUT2D eigenvalue weighted by Crippen LogP contribution is 2.35. The van der Waals surface area contributed by atoms with Crippen molar-refractivity contribution in [1.29, 1.82) is 0 Å². The first-order chi connectivity index (χ1) is 11.5. The first kappa shape index (κ1) is 15.6. The number of fused-ring (bicyclic) bond motifs is 1. The highest BCUT2D eigenvalue weighted by molar-refractivity contribution is 5.46. The maximum atomic E-state index is 13.0. The number of ether oxygens (including phenoxy) is 2. The number of rotatable bonds is 2. The SMILES string of the molecule is FC(F)(F)c1cc(N[C@H]2CCO[C@@]3(CCOC3)C2)n2ncnc2n1. The van der Waals surface area contributed by atoms with Crippen LogP contribution in [0.1, 0.15) is 25.0 Å². The summed E-state index contributed by atoms with van der Waals surface area (Å²) in [6, 6.07) is 0.936. The molecule has 4 heterocycles. The number of hydrogen-bond acceptors (Lipinski definition) is 6. The Bertz CT molecular complexity index is 742. The zero-order valence-corrected chi connectivity index (χ0v) is 12.7. The molecule has 2 saturated heterocycles. The fourth-order valence-electron chi connectivity index (χ4n) is 3.28. The van der Waals surface area contributed by atoms with Gasteiger partial charge in [0.1, 0.15) is 12.1 Å². The molecule has 0 bridgehead atoms. The van der Waals surface area contributed by atoms with E-state index in [-0.39, 0.29) is 23.2 Å². The summed E-state index contributed by atoms with van der Waals surface area (Å²) in [6.45, 7) is 1.71. The maximum Gasteiger partial charge on any atom is 0.433 e. The molecule has 4 rings (SSSR count). The van der Waals surface area contributed by atoms with E-state index in [2.05, 4.69) is 20.4 Å². The van der Waals surface area contributed by atoms with Gasteiger partial charge in [-0.15, -0.1) is 0 Å². The molecule has 0 unspecified atom stereocenters. The van der Waals surface area contributed by atoms with E-state index in [9.17, 15) is 13.2 Å². The summed E-state index contributed by atoms with van der Waals surface area (Å²) in [5, 5.41) is 7.11. The summed E-state index contributed by atoms with van der Waals surface area (Å²) in [6.07, 6.45) is -1.19. The molecule has 10 heteroatoms. The molecule has 2 aromatic rings. The average molecular weight is 343 g/mol. The highest BCUT2D eigenvalue weighted by atomic mass is 19.4. The van der Waals surface area contributed by atoms with Crippen LogP contribution in [-0.2, 0) is 15.7 Å². The van der Waals surface area contributed by atoms with Crippen molar-refractivity contribution < 1.29 is 22.6 Å². The molecule has 1 N–H and O–H groups in total. The first-order valence-corrected chi connectivity index (χ1v) is 7.71. The normalized spacial score (nSPS) is 27.9. The van der Waals surface area contributed by atoms with E-state index >= 15 is 0 Å². The molecule has 0 aromatic carbocycles. The van der Waals surface area contributed by atoms with Crippen molar-refractivity contribution in [2.24, 2.45) is 0 Å². The summed E-state index contributed by atoms with van der Waals surface area (Å²) in [4.78, 5) is 7.28. The number of aromatic nitrogens is 4. The molecular formula is C14H16F3N5O2. The van der Waals surface area contributed by atoms with Crippen LogP contribution in [0.15, 0.2) is 12.4 Å². The lowest BCUT2D eigenvalue weighted by atomic mass is 9.90. The zero-order valence-electron chi connectivity index (χ0n) is 12.7. The van der Waals surface area contributed by atoms with Gasteiger partial charge in [0, 0.05) is 31.7 Å². The van der Waals surface area contributed by atoms with Crippen LogP contribution in [-0.4, -0.2) is 51.0 Å². The van der Waals surface area contributed by atoms with Gasteiger partial charge in [0.25, 0.3) is 5.78 Å². The van der Waals surface area contributed by atoms with Gasteiger partial charge in [-0.05, 0) is 12.8 Å². The second kappa shape index (κ2) is 5.55. The van der Waals surface area contributed by atoms with Crippen LogP contribution in [0.2, 0.25) is 0 Å². The molecule has 0 amide bonds. The Morgan fingerprint density at radius 1 is 1.33 bits per heavy atom. The Morgan fingerprint density at radius 2 is 2.21 bits per heavy atom. The Balaban J connectivity index is 1.62. The van der Waals surface area contributed by atoms with E-state index < -0.39 is 11.9 Å². The quantitative estimate of drug-likeness (QED) is 0.898. The summed E-state index contributed by atoms with van der Waals surface area (Å²) < 4.78 is 51.7. The Hall–Kier alpha value is -1.94. The van der Waals surface area contributed by atoms with Crippen molar-refractivity contribution in [1.82, 2.24) is 19.6 Å². The van der Waals surface area contributed by atoms with Gasteiger partial charge >= 0.3 is 6.18 Å². The smallest absolute Gasteiger partial charge is 0.378 e. The largest absolute Gasteiger partial charge is 0.433 e. The maximum absolute atomic E-state index is 13.0. The monoisotopic (exact) mass is 343 g/mol. The predicted octanol–water partition coefficient (Wildman–Crippen LogP) is 1.89. The molecule has 130 valence electrons. The summed E-state index contributed by atoms with van der Waals surface area (Å²) in [5.74, 6) is 0.143. The van der Waals surface area contributed by atoms with Gasteiger partial charge in [-0.1, -0.05) is 0 Å². The van der Waals surface area contributed by atoms with E-state index in [0.717, 1.165) is 12.5 Å². The van der Waals surface area contributed by atoms with Gasteiger partial charge in [0.15, 0.2) is 5.69 Å². The molecule has 2 atom stereocenters. The van der Waals surface area contributed by atoms with Crippen molar-refractivity contribution in [3.05, 3.63) is 18.1 Å². The Morgan fingerprint density at radius 3 is 2.96 bits per heavy atom. The molecule has 2 aliphatic rings. The van der Waals surface area contributed by atoms with Crippen molar-refractivity contribution in [3.63, 3.8) is 0 Å². The van der Waals surface area contributed by atoms with Crippen LogP contribution in [0.5, 0.6) is 0 Å². The second-order valence-electron chi connectivity index (χ2n) is 6.16. The molecule has 7 nitrogen and oxygen atoms in total. The highest BCUT2D eigenvalue weighted by Gasteiger charge is 2.41. The standard InChI is InChI=1S/C14H16F3N5O2/c15-14(16,17)10-5-11(22-12(21-10)18-8-19-22)20-9-1-3-24-13(6-9)2-4-23-7-13/h5,8-9,20H,1-4,6-7H2/t9-,13-/m0/s1. The van der Waals surface area contributed by atoms with Crippen LogP contribution in [0.25, 0.3) is 5.78 Å². The lowest BCUT2D eigenvalue weighted by Crippen LogP contribution is -2.45. The van der Waals surface area contributed by atoms with E-state index in [1.54, 1.807) is 0 Å². The number of halogens is 3. The topological polar surface area (TPSA) is 73.6 Å². The lowest BCUT2D eigenvalue weighted by Gasteiger charge is -2.37. The minimum absolute atomic E-state index is 0.0312. The van der Waals surface area contributed by atoms with Gasteiger partial charge in [-0.3, -0.25) is 0 Å². The minimum atomic E-state index is -4.54. The molecule has 2 fully saturated rings. The Labute approximate surface area is 135 Å². The van der Waals surface area contributed by atoms with E-state index in [0.29, 0.717) is 32.7 Å². The molecule has 2 aromatic heterocycles. The molecule has 0 aliphatic carbocycles. The third-order valence-electron chi connectivity index (χ3n) is 4.45. The van der Waals surface area contributed by atoms with Crippen molar-refractivity contribution in [2.45, 2.75) is 37.1 Å². The average Bonchev–Trinajstić information content (AvgIpc) is 3.16. The fourth-order valence-corrected chi connectivity index (χ4v) is 3.28. The molecule has 1 spiro atoms. The number of hydrogen-bond donors (Lipinski definition) is 1. The summed E-state index contributed by atoms with van der Waals surface area (Å²) >= 11 is 0. The van der Waals surface area contributed by atoms with Crippen LogP contribution < -0.4 is 5.32 Å². The molecule has 0 saturated carbocycles. The van der Waals surface area contributed by atoms with Crippen LogP contribution >= 0.6 is 0 Å². The van der Waals surface area contributed by atoms with Crippen LogP contribution in [0, 0.1) is 0 Å². The number of nitrogens with zero attached hydrogens (tertiary/aromatic N) is 4. The third kappa shape index (κ3) is 2.80. The van der Waals surface area contributed by atoms with Gasteiger partial charge in [0.05, 0.1) is 12.2 Å². The molecule has 0 radical (unpaired) electrons. The zero-order chi connectivity index (χ0) is 16.8. The number of anilines is 1. The minimum Gasteiger partial charge on any atom is -0.378 e. The van der Waals surface area contributed by atoms with E-state index in [4.69, 9.17) is 9.47 Å². The van der Waals surface area contributed by atoms with E-state index in [1.807, 2.05) is 0 Å². The number of alkyl halides is 3. The molecule has 24 heavy (non-hydrogen) atoms. The molecular weight excluding hydrogens is 327 g/mol. The van der Waals surface area contributed by atoms with Crippen LogP contribution in [0.4, 0.5) is 19.0 Å². The summed E-state index contributed by atoms with van der Waals surface area (Å²) in [7, 11) is 0. The van der Waals surface area contributed by atoms with Crippen molar-refractivity contribution in [2.75, 3.05) is 25.1 Å². The van der Waals surface area contributed by atoms with Crippen molar-refractivity contribution in [3.8, 4) is 0 Å². The van der Waals surface area contributed by atoms with Gasteiger partial charge in [-0.25, -0.2) is 4.98 Å². The first-order valence-electron chi connectivity index (χ1n) is 7.71. The molecule has 2 aliphatic heterocycles. The van der Waals surface area contributed by atoms with E-state index in [1.165, 1.54) is 10.8 Å². The lowest BCUT2D eigenvalue weighted by molar-refractivity contribution is -0.141. The second-order valence-corrected chi connectivity index (χ2v) is 6.16. The van der Waals surface area contributed by atoms with Crippen molar-refractivity contribution >= 4 is 11.6 Å². The Kier molecular flexibility index (Phi) is 3.61. The summed E-state index contributed by atoms with van der Waals surface area (Å²) in [5.41, 5.74) is -1.33. The van der Waals surface area contributed by atoms with Crippen LogP contribution in [0.3, 0.4) is 0 Å². The fraction of sp³-hybridized carbons (Fsp3) is 0.643. The number of nitrogens with one attached hydrogen (secondary N) is 1. The van der Waals surface area contributed by atoms with Gasteiger partial charge < -0.3 is 14.8 Å². The third-order valence-corrected chi connectivity index (χ3v) is 4.45. The van der Waals surface area contributed by atoms with Gasteiger partial charge in [0.2, 0.25) is 0 Å². The van der Waals surface area contributed by atoms with Gasteiger partial charge in [-0.2, -0.15) is 27.8 Å². The predicted molar refractivity (Wildman–Crippen MR) is 76.5 cm³/mol.